The number of anilines is 1. The van der Waals surface area contributed by atoms with Crippen LogP contribution in [0, 0.1) is 0 Å². The maximum atomic E-state index is 12.5. The molecule has 1 heterocycles. The van der Waals surface area contributed by atoms with Gasteiger partial charge in [0.05, 0.1) is 5.56 Å². The van der Waals surface area contributed by atoms with E-state index in [0.717, 1.165) is 0 Å². The number of amides is 1. The topological polar surface area (TPSA) is 81.4 Å². The summed E-state index contributed by atoms with van der Waals surface area (Å²) in [6, 6.07) is 12.6. The molecule has 1 unspecified atom stereocenters. The molecule has 0 aliphatic carbocycles. The quantitative estimate of drug-likeness (QED) is 0.649. The molecular weight excluding hydrogens is 344 g/mol. The maximum Gasteiger partial charge on any atom is 0.341 e. The van der Waals surface area contributed by atoms with Gasteiger partial charge in [0.15, 0.2) is 18.1 Å². The number of hydrogen-bond donors (Lipinski definition) is 1. The predicted octanol–water partition coefficient (Wildman–Crippen LogP) is 4.53. The molecule has 3 aromatic rings. The third-order valence-electron chi connectivity index (χ3n) is 4.34. The molecule has 0 saturated carbocycles. The lowest BCUT2D eigenvalue weighted by Crippen LogP contribution is -2.32. The molecule has 27 heavy (non-hydrogen) atoms. The third kappa shape index (κ3) is 4.16. The first-order chi connectivity index (χ1) is 13.0. The summed E-state index contributed by atoms with van der Waals surface area (Å²) in [6.45, 7) is 6.00. The Morgan fingerprint density at radius 1 is 1.15 bits per heavy atom. The average molecular weight is 366 g/mol. The molecule has 1 aromatic heterocycles. The zero-order valence-corrected chi connectivity index (χ0v) is 15.6. The Hall–Kier alpha value is -3.15. The van der Waals surface area contributed by atoms with Crippen LogP contribution in [0.3, 0.4) is 0 Å². The van der Waals surface area contributed by atoms with Gasteiger partial charge in [0.1, 0.15) is 5.52 Å². The van der Waals surface area contributed by atoms with Gasteiger partial charge in [-0.2, -0.15) is 0 Å². The van der Waals surface area contributed by atoms with Crippen LogP contribution in [0.2, 0.25) is 0 Å². The summed E-state index contributed by atoms with van der Waals surface area (Å²) in [7, 11) is 0. The maximum absolute atomic E-state index is 12.5. The minimum atomic E-state index is -0.899. The first-order valence-corrected chi connectivity index (χ1v) is 8.93. The fourth-order valence-corrected chi connectivity index (χ4v) is 2.74. The Morgan fingerprint density at radius 2 is 1.89 bits per heavy atom. The molecule has 2 aromatic carbocycles. The number of hydrogen-bond acceptors (Lipinski definition) is 5. The Morgan fingerprint density at radius 3 is 2.56 bits per heavy atom. The molecule has 3 rings (SSSR count). The van der Waals surface area contributed by atoms with Crippen LogP contribution in [-0.4, -0.2) is 23.0 Å². The fourth-order valence-electron chi connectivity index (χ4n) is 2.74. The molecular formula is C21H22N2O4. The van der Waals surface area contributed by atoms with Crippen LogP contribution in [-0.2, 0) is 9.53 Å². The molecule has 1 amide bonds. The Labute approximate surface area is 157 Å². The molecule has 0 aliphatic rings. The molecule has 0 aliphatic heterocycles. The number of benzene rings is 2. The number of ether oxygens (including phenoxy) is 1. The number of aromatic nitrogens is 1. The van der Waals surface area contributed by atoms with Gasteiger partial charge < -0.3 is 14.5 Å². The normalized spacial score (nSPS) is 12.1. The van der Waals surface area contributed by atoms with E-state index in [1.807, 2.05) is 24.3 Å². The lowest BCUT2D eigenvalue weighted by Gasteiger charge is -2.16. The molecule has 0 spiro atoms. The summed E-state index contributed by atoms with van der Waals surface area (Å²) in [4.78, 5) is 29.1. The summed E-state index contributed by atoms with van der Waals surface area (Å²) < 4.78 is 10.6. The number of rotatable bonds is 6. The molecule has 0 radical (unpaired) electrons. The highest BCUT2D eigenvalue weighted by atomic mass is 16.5. The van der Waals surface area contributed by atoms with E-state index >= 15 is 0 Å². The van der Waals surface area contributed by atoms with Crippen molar-refractivity contribution in [2.45, 2.75) is 39.2 Å². The molecule has 6 nitrogen and oxygen atoms in total. The number of fused-ring (bicyclic) bond motifs is 1. The van der Waals surface area contributed by atoms with Crippen LogP contribution in [0.4, 0.5) is 5.69 Å². The van der Waals surface area contributed by atoms with Gasteiger partial charge in [-0.15, -0.1) is 0 Å². The van der Waals surface area contributed by atoms with E-state index in [1.165, 1.54) is 12.0 Å². The van der Waals surface area contributed by atoms with Gasteiger partial charge in [-0.05, 0) is 42.2 Å². The monoisotopic (exact) mass is 366 g/mol. The second-order valence-electron chi connectivity index (χ2n) is 6.57. The molecule has 6 heteroatoms. The van der Waals surface area contributed by atoms with Crippen molar-refractivity contribution in [1.82, 2.24) is 4.98 Å². The highest BCUT2D eigenvalue weighted by Gasteiger charge is 2.24. The van der Waals surface area contributed by atoms with Crippen molar-refractivity contribution in [1.29, 1.82) is 0 Å². The molecule has 1 atom stereocenters. The molecule has 1 N–H and O–H groups in total. The van der Waals surface area contributed by atoms with E-state index < -0.39 is 12.1 Å². The standard InChI is InChI=1S/C21H22N2O4/c1-4-17(20(24)23-15-10-8-14(9-11-15)13(2)3)27-21(25)16-6-5-7-18-19(16)22-12-26-18/h5-13,17H,4H2,1-3H3,(H,23,24). The molecule has 0 bridgehead atoms. The minimum Gasteiger partial charge on any atom is -0.449 e. The zero-order valence-electron chi connectivity index (χ0n) is 15.6. The van der Waals surface area contributed by atoms with Crippen molar-refractivity contribution in [3.63, 3.8) is 0 Å². The number of oxazole rings is 1. The Kier molecular flexibility index (Phi) is 5.54. The molecule has 0 saturated heterocycles. The summed E-state index contributed by atoms with van der Waals surface area (Å²) in [6.07, 6.45) is 0.729. The second-order valence-corrected chi connectivity index (χ2v) is 6.57. The highest BCUT2D eigenvalue weighted by Crippen LogP contribution is 2.20. The van der Waals surface area contributed by atoms with E-state index in [9.17, 15) is 9.59 Å². The highest BCUT2D eigenvalue weighted by molar-refractivity contribution is 6.03. The minimum absolute atomic E-state index is 0.272. The average Bonchev–Trinajstić information content (AvgIpc) is 3.15. The van der Waals surface area contributed by atoms with Crippen molar-refractivity contribution in [3.05, 3.63) is 60.0 Å². The molecule has 140 valence electrons. The van der Waals surface area contributed by atoms with Gasteiger partial charge in [-0.25, -0.2) is 9.78 Å². The van der Waals surface area contributed by atoms with Crippen LogP contribution >= 0.6 is 0 Å². The Balaban J connectivity index is 1.69. The zero-order chi connectivity index (χ0) is 19.4. The summed E-state index contributed by atoms with van der Waals surface area (Å²) in [5, 5.41) is 2.80. The van der Waals surface area contributed by atoms with Crippen molar-refractivity contribution in [3.8, 4) is 0 Å². The van der Waals surface area contributed by atoms with Gasteiger partial charge in [0, 0.05) is 5.69 Å². The summed E-state index contributed by atoms with van der Waals surface area (Å²) in [5.74, 6) is -0.555. The van der Waals surface area contributed by atoms with Gasteiger partial charge >= 0.3 is 5.97 Å². The lowest BCUT2D eigenvalue weighted by molar-refractivity contribution is -0.124. The fraction of sp³-hybridized carbons (Fsp3) is 0.286. The summed E-state index contributed by atoms with van der Waals surface area (Å²) >= 11 is 0. The third-order valence-corrected chi connectivity index (χ3v) is 4.34. The van der Waals surface area contributed by atoms with Gasteiger partial charge in [0.25, 0.3) is 5.91 Å². The first-order valence-electron chi connectivity index (χ1n) is 8.93. The van der Waals surface area contributed by atoms with Gasteiger partial charge in [0.2, 0.25) is 0 Å². The van der Waals surface area contributed by atoms with Crippen LogP contribution < -0.4 is 5.32 Å². The molecule has 0 fully saturated rings. The van der Waals surface area contributed by atoms with E-state index in [2.05, 4.69) is 24.1 Å². The predicted molar refractivity (Wildman–Crippen MR) is 103 cm³/mol. The van der Waals surface area contributed by atoms with E-state index in [4.69, 9.17) is 9.15 Å². The largest absolute Gasteiger partial charge is 0.449 e. The van der Waals surface area contributed by atoms with E-state index in [1.54, 1.807) is 25.1 Å². The van der Waals surface area contributed by atoms with Crippen molar-refractivity contribution >= 4 is 28.7 Å². The van der Waals surface area contributed by atoms with E-state index in [0.29, 0.717) is 29.1 Å². The van der Waals surface area contributed by atoms with Crippen LogP contribution in [0.25, 0.3) is 11.1 Å². The number of nitrogens with zero attached hydrogens (tertiary/aromatic N) is 1. The number of carbonyl (C=O) groups is 2. The summed E-state index contributed by atoms with van der Waals surface area (Å²) in [5.41, 5.74) is 3.03. The number of nitrogens with one attached hydrogen (secondary N) is 1. The Bertz CT molecular complexity index is 944. The van der Waals surface area contributed by atoms with E-state index in [-0.39, 0.29) is 11.5 Å². The smallest absolute Gasteiger partial charge is 0.341 e. The van der Waals surface area contributed by atoms with Crippen LogP contribution in [0.5, 0.6) is 0 Å². The number of para-hydroxylation sites is 1. The SMILES string of the molecule is CCC(OC(=O)c1cccc2ocnc12)C(=O)Nc1ccc(C(C)C)cc1. The van der Waals surface area contributed by atoms with Crippen molar-refractivity contribution < 1.29 is 18.7 Å². The van der Waals surface area contributed by atoms with Crippen LogP contribution in [0.15, 0.2) is 53.3 Å². The lowest BCUT2D eigenvalue weighted by atomic mass is 10.0. The van der Waals surface area contributed by atoms with Crippen molar-refractivity contribution in [2.24, 2.45) is 0 Å². The van der Waals surface area contributed by atoms with Gasteiger partial charge in [-0.1, -0.05) is 39.0 Å². The first kappa shape index (κ1) is 18.6. The number of carbonyl (C=O) groups excluding carboxylic acids is 2. The van der Waals surface area contributed by atoms with Gasteiger partial charge in [-0.3, -0.25) is 4.79 Å². The van der Waals surface area contributed by atoms with Crippen LogP contribution in [0.1, 0.15) is 49.0 Å². The van der Waals surface area contributed by atoms with Crippen molar-refractivity contribution in [2.75, 3.05) is 5.32 Å². The number of esters is 1. The second kappa shape index (κ2) is 8.03.